The van der Waals surface area contributed by atoms with Gasteiger partial charge in [-0.1, -0.05) is 15.9 Å². The van der Waals surface area contributed by atoms with Gasteiger partial charge in [0, 0.05) is 13.4 Å². The van der Waals surface area contributed by atoms with Crippen LogP contribution >= 0.6 is 47.8 Å². The summed E-state index contributed by atoms with van der Waals surface area (Å²) in [5, 5.41) is 12.2. The van der Waals surface area contributed by atoms with Crippen LogP contribution in [0.15, 0.2) is 43.3 Å². The van der Waals surface area contributed by atoms with E-state index >= 15 is 0 Å². The van der Waals surface area contributed by atoms with Crippen molar-refractivity contribution < 1.29 is 14.3 Å². The molecule has 3 rings (SSSR count). The van der Waals surface area contributed by atoms with Gasteiger partial charge in [-0.05, 0) is 80.3 Å². The van der Waals surface area contributed by atoms with Crippen LogP contribution in [0.1, 0.15) is 11.1 Å². The van der Waals surface area contributed by atoms with E-state index < -0.39 is 5.91 Å². The van der Waals surface area contributed by atoms with Crippen LogP contribution in [-0.4, -0.2) is 12.7 Å². The van der Waals surface area contributed by atoms with E-state index in [9.17, 15) is 10.1 Å². The maximum absolute atomic E-state index is 12.6. The summed E-state index contributed by atoms with van der Waals surface area (Å²) in [6.07, 6.45) is 1.50. The minimum Gasteiger partial charge on any atom is -0.454 e. The third-order valence-electron chi connectivity index (χ3n) is 3.58. The maximum atomic E-state index is 12.6. The molecule has 26 heavy (non-hydrogen) atoms. The van der Waals surface area contributed by atoms with E-state index in [0.717, 1.165) is 14.5 Å². The van der Waals surface area contributed by atoms with Crippen molar-refractivity contribution in [2.75, 3.05) is 12.1 Å². The number of carbonyl (C=O) groups is 1. The lowest BCUT2D eigenvalue weighted by Gasteiger charge is -2.10. The molecule has 1 heterocycles. The predicted octanol–water partition coefficient (Wildman–Crippen LogP) is 5.56. The second-order valence-electron chi connectivity index (χ2n) is 5.45. The lowest BCUT2D eigenvalue weighted by atomic mass is 10.1. The molecule has 8 heteroatoms. The van der Waals surface area contributed by atoms with Gasteiger partial charge in [0.15, 0.2) is 11.5 Å². The zero-order valence-corrected chi connectivity index (χ0v) is 18.2. The van der Waals surface area contributed by atoms with Gasteiger partial charge in [-0.25, -0.2) is 0 Å². The molecular weight excluding hydrogens is 532 g/mol. The lowest BCUT2D eigenvalue weighted by molar-refractivity contribution is -0.112. The molecule has 1 N–H and O–H groups in total. The summed E-state index contributed by atoms with van der Waals surface area (Å²) in [5.74, 6) is 0.674. The highest BCUT2D eigenvalue weighted by molar-refractivity contribution is 9.11. The van der Waals surface area contributed by atoms with Crippen molar-refractivity contribution in [2.45, 2.75) is 6.92 Å². The second-order valence-corrected chi connectivity index (χ2v) is 8.02. The minimum absolute atomic E-state index is 0.0380. The van der Waals surface area contributed by atoms with Gasteiger partial charge < -0.3 is 14.8 Å². The molecule has 0 aliphatic carbocycles. The molecule has 132 valence electrons. The maximum Gasteiger partial charge on any atom is 0.266 e. The number of halogens is 3. The summed E-state index contributed by atoms with van der Waals surface area (Å²) in [7, 11) is 0. The van der Waals surface area contributed by atoms with Crippen LogP contribution in [0.3, 0.4) is 0 Å². The fraction of sp³-hybridized carbons (Fsp3) is 0.111. The molecule has 1 aliphatic heterocycles. The molecule has 0 spiro atoms. The second kappa shape index (κ2) is 7.82. The monoisotopic (exact) mass is 540 g/mol. The first-order chi connectivity index (χ1) is 12.4. The quantitative estimate of drug-likeness (QED) is 0.407. The Labute approximate surface area is 175 Å². The summed E-state index contributed by atoms with van der Waals surface area (Å²) in [6.45, 7) is 2.09. The highest BCUT2D eigenvalue weighted by Crippen LogP contribution is 2.38. The molecule has 1 aliphatic rings. The fourth-order valence-electron chi connectivity index (χ4n) is 2.35. The number of nitrogens with one attached hydrogen (secondary N) is 1. The molecule has 0 aromatic heterocycles. The highest BCUT2D eigenvalue weighted by Gasteiger charge is 2.18. The van der Waals surface area contributed by atoms with E-state index in [2.05, 4.69) is 53.1 Å². The van der Waals surface area contributed by atoms with Crippen molar-refractivity contribution in [2.24, 2.45) is 0 Å². The van der Waals surface area contributed by atoms with Crippen molar-refractivity contribution in [3.8, 4) is 17.6 Å². The third kappa shape index (κ3) is 3.95. The predicted molar refractivity (Wildman–Crippen MR) is 109 cm³/mol. The first-order valence-electron chi connectivity index (χ1n) is 7.37. The van der Waals surface area contributed by atoms with Crippen LogP contribution in [-0.2, 0) is 4.79 Å². The molecule has 2 aromatic rings. The van der Waals surface area contributed by atoms with Crippen molar-refractivity contribution in [3.05, 3.63) is 54.4 Å². The standard InChI is InChI=1S/C18H11Br3N2O3/c1-9-2-13(20)17(14(21)3-9)23-18(24)11(7-22)4-10-5-15-16(6-12(10)19)26-8-25-15/h2-6H,8H2,1H3,(H,23,24)/b11-4+. The fourth-order valence-corrected chi connectivity index (χ4v) is 4.40. The highest BCUT2D eigenvalue weighted by atomic mass is 79.9. The van der Waals surface area contributed by atoms with Crippen LogP contribution in [0, 0.1) is 18.3 Å². The summed E-state index contributed by atoms with van der Waals surface area (Å²) < 4.78 is 12.8. The van der Waals surface area contributed by atoms with E-state index in [1.165, 1.54) is 6.08 Å². The van der Waals surface area contributed by atoms with Crippen LogP contribution < -0.4 is 14.8 Å². The number of benzene rings is 2. The topological polar surface area (TPSA) is 71.4 Å². The number of nitrogens with zero attached hydrogens (tertiary/aromatic N) is 1. The Hall–Kier alpha value is -1.82. The lowest BCUT2D eigenvalue weighted by Crippen LogP contribution is -2.14. The normalized spacial score (nSPS) is 12.7. The first-order valence-corrected chi connectivity index (χ1v) is 9.75. The molecule has 0 saturated carbocycles. The van der Waals surface area contributed by atoms with Gasteiger partial charge in [-0.2, -0.15) is 5.26 Å². The Morgan fingerprint density at radius 3 is 2.35 bits per heavy atom. The summed E-state index contributed by atoms with van der Waals surface area (Å²) in [4.78, 5) is 12.6. The first kappa shape index (κ1) is 19.0. The third-order valence-corrected chi connectivity index (χ3v) is 5.52. The number of hydrogen-bond donors (Lipinski definition) is 1. The molecule has 0 radical (unpaired) electrons. The molecule has 1 amide bonds. The van der Waals surface area contributed by atoms with Crippen LogP contribution in [0.2, 0.25) is 0 Å². The van der Waals surface area contributed by atoms with Crippen molar-refractivity contribution in [3.63, 3.8) is 0 Å². The average molecular weight is 543 g/mol. The SMILES string of the molecule is Cc1cc(Br)c(NC(=O)/C(C#N)=C/c2cc3c(cc2Br)OCO3)c(Br)c1. The van der Waals surface area contributed by atoms with Crippen molar-refractivity contribution in [1.82, 2.24) is 0 Å². The molecule has 0 unspecified atom stereocenters. The van der Waals surface area contributed by atoms with Gasteiger partial charge in [0.1, 0.15) is 11.6 Å². The number of carbonyl (C=O) groups excluding carboxylic acids is 1. The molecule has 5 nitrogen and oxygen atoms in total. The van der Waals surface area contributed by atoms with Crippen LogP contribution in [0.4, 0.5) is 5.69 Å². The van der Waals surface area contributed by atoms with E-state index in [0.29, 0.717) is 27.2 Å². The van der Waals surface area contributed by atoms with Crippen LogP contribution in [0.25, 0.3) is 6.08 Å². The summed E-state index contributed by atoms with van der Waals surface area (Å²) in [5.41, 5.74) is 2.19. The Morgan fingerprint density at radius 1 is 1.12 bits per heavy atom. The Morgan fingerprint density at radius 2 is 1.73 bits per heavy atom. The van der Waals surface area contributed by atoms with Gasteiger partial charge in [0.05, 0.1) is 5.69 Å². The van der Waals surface area contributed by atoms with E-state index in [1.54, 1.807) is 12.1 Å². The van der Waals surface area contributed by atoms with E-state index in [-0.39, 0.29) is 12.4 Å². The zero-order valence-electron chi connectivity index (χ0n) is 13.4. The van der Waals surface area contributed by atoms with Gasteiger partial charge >= 0.3 is 0 Å². The molecule has 0 atom stereocenters. The Balaban J connectivity index is 1.91. The Kier molecular flexibility index (Phi) is 5.70. The molecule has 0 bridgehead atoms. The largest absolute Gasteiger partial charge is 0.454 e. The Bertz CT molecular complexity index is 957. The number of hydrogen-bond acceptors (Lipinski definition) is 4. The summed E-state index contributed by atoms with van der Waals surface area (Å²) >= 11 is 10.3. The molecule has 0 fully saturated rings. The van der Waals surface area contributed by atoms with Gasteiger partial charge in [0.25, 0.3) is 5.91 Å². The number of amides is 1. The number of fused-ring (bicyclic) bond motifs is 1. The smallest absolute Gasteiger partial charge is 0.266 e. The number of aryl methyl sites for hydroxylation is 1. The molecule has 0 saturated heterocycles. The van der Waals surface area contributed by atoms with Gasteiger partial charge in [0.2, 0.25) is 6.79 Å². The van der Waals surface area contributed by atoms with E-state index in [4.69, 9.17) is 9.47 Å². The minimum atomic E-state index is -0.512. The average Bonchev–Trinajstić information content (AvgIpc) is 3.02. The number of rotatable bonds is 3. The van der Waals surface area contributed by atoms with Gasteiger partial charge in [-0.15, -0.1) is 0 Å². The number of anilines is 1. The number of nitriles is 1. The van der Waals surface area contributed by atoms with Gasteiger partial charge in [-0.3, -0.25) is 4.79 Å². The zero-order chi connectivity index (χ0) is 18.8. The van der Waals surface area contributed by atoms with E-state index in [1.807, 2.05) is 25.1 Å². The summed E-state index contributed by atoms with van der Waals surface area (Å²) in [6, 6.07) is 9.16. The molecule has 2 aromatic carbocycles. The van der Waals surface area contributed by atoms with Crippen molar-refractivity contribution >= 4 is 65.5 Å². The number of ether oxygens (including phenoxy) is 2. The van der Waals surface area contributed by atoms with Crippen molar-refractivity contribution in [1.29, 1.82) is 5.26 Å². The van der Waals surface area contributed by atoms with Crippen LogP contribution in [0.5, 0.6) is 11.5 Å². The molecular formula is C18H11Br3N2O3.